The maximum Gasteiger partial charge on any atom is 0.251 e. The third-order valence-electron chi connectivity index (χ3n) is 3.55. The van der Waals surface area contributed by atoms with Crippen LogP contribution in [0.5, 0.6) is 0 Å². The first-order chi connectivity index (χ1) is 8.16. The van der Waals surface area contributed by atoms with Crippen LogP contribution in [0, 0.1) is 11.8 Å². The van der Waals surface area contributed by atoms with Crippen molar-refractivity contribution in [1.29, 1.82) is 0 Å². The molecule has 1 aromatic heterocycles. The molecule has 2 unspecified atom stereocenters. The summed E-state index contributed by atoms with van der Waals surface area (Å²) in [6.45, 7) is 3.06. The van der Waals surface area contributed by atoms with Crippen molar-refractivity contribution in [2.24, 2.45) is 11.8 Å². The molecule has 1 aromatic rings. The number of aromatic nitrogens is 1. The van der Waals surface area contributed by atoms with Gasteiger partial charge in [-0.1, -0.05) is 19.8 Å². The SMILES string of the molecule is CC1CCCC1CNC(=O)c1ccnc(Br)c1. The topological polar surface area (TPSA) is 42.0 Å². The second-order valence-corrected chi connectivity index (χ2v) is 5.56. The lowest BCUT2D eigenvalue weighted by Gasteiger charge is -2.15. The van der Waals surface area contributed by atoms with Gasteiger partial charge in [0, 0.05) is 18.3 Å². The molecule has 2 rings (SSSR count). The minimum absolute atomic E-state index is 0.00722. The molecule has 0 aliphatic heterocycles. The Morgan fingerprint density at radius 2 is 2.41 bits per heavy atom. The highest BCUT2D eigenvalue weighted by molar-refractivity contribution is 9.10. The number of hydrogen-bond donors (Lipinski definition) is 1. The number of nitrogens with one attached hydrogen (secondary N) is 1. The number of carbonyl (C=O) groups excluding carboxylic acids is 1. The first-order valence-corrected chi connectivity index (χ1v) is 6.86. The van der Waals surface area contributed by atoms with Crippen molar-refractivity contribution < 1.29 is 4.79 Å². The third-order valence-corrected chi connectivity index (χ3v) is 3.99. The van der Waals surface area contributed by atoms with E-state index in [0.29, 0.717) is 16.1 Å². The van der Waals surface area contributed by atoms with E-state index in [4.69, 9.17) is 0 Å². The van der Waals surface area contributed by atoms with Crippen molar-refractivity contribution >= 4 is 21.8 Å². The van der Waals surface area contributed by atoms with E-state index in [1.807, 2.05) is 0 Å². The van der Waals surface area contributed by atoms with Gasteiger partial charge in [-0.25, -0.2) is 4.98 Å². The fraction of sp³-hybridized carbons (Fsp3) is 0.538. The molecule has 1 saturated carbocycles. The zero-order valence-electron chi connectivity index (χ0n) is 9.95. The molecular weight excluding hydrogens is 280 g/mol. The van der Waals surface area contributed by atoms with Gasteiger partial charge in [0.25, 0.3) is 5.91 Å². The van der Waals surface area contributed by atoms with Crippen LogP contribution in [0.3, 0.4) is 0 Å². The van der Waals surface area contributed by atoms with Gasteiger partial charge in [0.05, 0.1) is 0 Å². The molecule has 2 atom stereocenters. The largest absolute Gasteiger partial charge is 0.352 e. The van der Waals surface area contributed by atoms with Crippen LogP contribution >= 0.6 is 15.9 Å². The predicted molar refractivity (Wildman–Crippen MR) is 70.8 cm³/mol. The van der Waals surface area contributed by atoms with E-state index in [1.54, 1.807) is 18.3 Å². The van der Waals surface area contributed by atoms with Crippen LogP contribution in [0.4, 0.5) is 0 Å². The number of carbonyl (C=O) groups is 1. The smallest absolute Gasteiger partial charge is 0.251 e. The molecule has 17 heavy (non-hydrogen) atoms. The van der Waals surface area contributed by atoms with E-state index < -0.39 is 0 Å². The summed E-state index contributed by atoms with van der Waals surface area (Å²) in [6.07, 6.45) is 5.46. The van der Waals surface area contributed by atoms with Crippen molar-refractivity contribution in [3.8, 4) is 0 Å². The lowest BCUT2D eigenvalue weighted by Crippen LogP contribution is -2.30. The first kappa shape index (κ1) is 12.6. The van der Waals surface area contributed by atoms with E-state index in [2.05, 4.69) is 33.2 Å². The maximum atomic E-state index is 11.9. The van der Waals surface area contributed by atoms with Crippen LogP contribution in [0.2, 0.25) is 0 Å². The third kappa shape index (κ3) is 3.28. The normalized spacial score (nSPS) is 23.6. The van der Waals surface area contributed by atoms with E-state index in [-0.39, 0.29) is 5.91 Å². The molecule has 0 saturated heterocycles. The molecule has 3 nitrogen and oxygen atoms in total. The quantitative estimate of drug-likeness (QED) is 0.871. The van der Waals surface area contributed by atoms with Gasteiger partial charge in [0.1, 0.15) is 4.60 Å². The maximum absolute atomic E-state index is 11.9. The van der Waals surface area contributed by atoms with Gasteiger partial charge in [-0.3, -0.25) is 4.79 Å². The molecule has 4 heteroatoms. The lowest BCUT2D eigenvalue weighted by molar-refractivity contribution is 0.0944. The molecule has 1 amide bonds. The monoisotopic (exact) mass is 296 g/mol. The zero-order chi connectivity index (χ0) is 12.3. The minimum Gasteiger partial charge on any atom is -0.352 e. The van der Waals surface area contributed by atoms with Crippen molar-refractivity contribution in [2.45, 2.75) is 26.2 Å². The van der Waals surface area contributed by atoms with Crippen LogP contribution in [0.15, 0.2) is 22.9 Å². The fourth-order valence-corrected chi connectivity index (χ4v) is 2.76. The van der Waals surface area contributed by atoms with Crippen LogP contribution < -0.4 is 5.32 Å². The summed E-state index contributed by atoms with van der Waals surface area (Å²) in [4.78, 5) is 15.9. The zero-order valence-corrected chi connectivity index (χ0v) is 11.5. The van der Waals surface area contributed by atoms with Gasteiger partial charge >= 0.3 is 0 Å². The Kier molecular flexibility index (Phi) is 4.15. The minimum atomic E-state index is -0.00722. The van der Waals surface area contributed by atoms with E-state index in [0.717, 1.165) is 12.5 Å². The van der Waals surface area contributed by atoms with Crippen LogP contribution in [-0.2, 0) is 0 Å². The summed E-state index contributed by atoms with van der Waals surface area (Å²) in [5, 5.41) is 3.01. The van der Waals surface area contributed by atoms with Crippen molar-refractivity contribution in [2.75, 3.05) is 6.54 Å². The first-order valence-electron chi connectivity index (χ1n) is 6.06. The summed E-state index contributed by atoms with van der Waals surface area (Å²) in [7, 11) is 0. The molecule has 92 valence electrons. The molecule has 0 radical (unpaired) electrons. The fourth-order valence-electron chi connectivity index (χ4n) is 2.40. The number of rotatable bonds is 3. The average Bonchev–Trinajstić information content (AvgIpc) is 2.72. The molecular formula is C13H17BrN2O. The summed E-state index contributed by atoms with van der Waals surface area (Å²) >= 11 is 3.27. The van der Waals surface area contributed by atoms with E-state index in [1.165, 1.54) is 19.3 Å². The highest BCUT2D eigenvalue weighted by atomic mass is 79.9. The molecule has 0 aromatic carbocycles. The molecule has 1 aliphatic rings. The summed E-state index contributed by atoms with van der Waals surface area (Å²) < 4.78 is 0.694. The number of halogens is 1. The highest BCUT2D eigenvalue weighted by Gasteiger charge is 2.23. The number of pyridine rings is 1. The predicted octanol–water partition coefficient (Wildman–Crippen LogP) is 3.01. The van der Waals surface area contributed by atoms with Crippen LogP contribution in [0.1, 0.15) is 36.5 Å². The number of hydrogen-bond acceptors (Lipinski definition) is 2. The van der Waals surface area contributed by atoms with Gasteiger partial charge in [0.15, 0.2) is 0 Å². The van der Waals surface area contributed by atoms with E-state index in [9.17, 15) is 4.79 Å². The Morgan fingerprint density at radius 3 is 3.06 bits per heavy atom. The Balaban J connectivity index is 1.89. The van der Waals surface area contributed by atoms with Crippen molar-refractivity contribution in [3.63, 3.8) is 0 Å². The lowest BCUT2D eigenvalue weighted by atomic mass is 9.98. The number of nitrogens with zero attached hydrogens (tertiary/aromatic N) is 1. The Labute approximate surface area is 110 Å². The Morgan fingerprint density at radius 1 is 1.59 bits per heavy atom. The van der Waals surface area contributed by atoms with Crippen LogP contribution in [-0.4, -0.2) is 17.4 Å². The number of amides is 1. The summed E-state index contributed by atoms with van der Waals surface area (Å²) in [6, 6.07) is 3.48. The second-order valence-electron chi connectivity index (χ2n) is 4.75. The van der Waals surface area contributed by atoms with Gasteiger partial charge in [-0.15, -0.1) is 0 Å². The van der Waals surface area contributed by atoms with Crippen LogP contribution in [0.25, 0.3) is 0 Å². The highest BCUT2D eigenvalue weighted by Crippen LogP contribution is 2.30. The van der Waals surface area contributed by atoms with Gasteiger partial charge in [-0.05, 0) is 46.3 Å². The van der Waals surface area contributed by atoms with E-state index >= 15 is 0 Å². The summed E-state index contributed by atoms with van der Waals surface area (Å²) in [5.74, 6) is 1.37. The van der Waals surface area contributed by atoms with Crippen molar-refractivity contribution in [3.05, 3.63) is 28.5 Å². The van der Waals surface area contributed by atoms with Gasteiger partial charge in [-0.2, -0.15) is 0 Å². The molecule has 1 N–H and O–H groups in total. The molecule has 1 heterocycles. The van der Waals surface area contributed by atoms with Crippen molar-refractivity contribution in [1.82, 2.24) is 10.3 Å². The molecule has 1 aliphatic carbocycles. The summed E-state index contributed by atoms with van der Waals surface area (Å²) in [5.41, 5.74) is 0.664. The van der Waals surface area contributed by atoms with Gasteiger partial charge in [0.2, 0.25) is 0 Å². The second kappa shape index (κ2) is 5.63. The van der Waals surface area contributed by atoms with Gasteiger partial charge < -0.3 is 5.32 Å². The Hall–Kier alpha value is -0.900. The standard InChI is InChI=1S/C13H17BrN2O/c1-9-3-2-4-11(9)8-16-13(17)10-5-6-15-12(14)7-10/h5-7,9,11H,2-4,8H2,1H3,(H,16,17). The Bertz CT molecular complexity index is 408. The average molecular weight is 297 g/mol. The molecule has 1 fully saturated rings. The molecule has 0 bridgehead atoms. The molecule has 0 spiro atoms.